The number of nitrogens with zero attached hydrogens (tertiary/aromatic N) is 2. The molecule has 23 heavy (non-hydrogen) atoms. The number of rotatable bonds is 4. The first-order valence-corrected chi connectivity index (χ1v) is 8.51. The minimum absolute atomic E-state index is 0.146. The quantitative estimate of drug-likeness (QED) is 0.920. The van der Waals surface area contributed by atoms with Crippen LogP contribution in [0.4, 0.5) is 0 Å². The molecule has 5 nitrogen and oxygen atoms in total. The molecule has 126 valence electrons. The van der Waals surface area contributed by atoms with Gasteiger partial charge in [-0.1, -0.05) is 12.1 Å². The molecule has 1 aromatic carbocycles. The van der Waals surface area contributed by atoms with Crippen molar-refractivity contribution in [2.45, 2.75) is 37.8 Å². The Bertz CT molecular complexity index is 549. The van der Waals surface area contributed by atoms with Crippen LogP contribution in [0.5, 0.6) is 5.75 Å². The third-order valence-electron chi connectivity index (χ3n) is 4.89. The van der Waals surface area contributed by atoms with E-state index < -0.39 is 0 Å². The highest BCUT2D eigenvalue weighted by molar-refractivity contribution is 5.79. The number of likely N-dealkylation sites (tertiary alicyclic amines) is 2. The number of aliphatic hydroxyl groups excluding tert-OH is 1. The summed E-state index contributed by atoms with van der Waals surface area (Å²) in [6.07, 6.45) is 3.57. The van der Waals surface area contributed by atoms with Gasteiger partial charge in [0, 0.05) is 13.1 Å². The monoisotopic (exact) mass is 318 g/mol. The summed E-state index contributed by atoms with van der Waals surface area (Å²) < 4.78 is 5.30. The summed E-state index contributed by atoms with van der Waals surface area (Å²) in [6.45, 7) is 2.75. The van der Waals surface area contributed by atoms with Crippen molar-refractivity contribution < 1.29 is 14.6 Å². The van der Waals surface area contributed by atoms with Crippen LogP contribution in [0, 0.1) is 0 Å². The highest BCUT2D eigenvalue weighted by atomic mass is 16.5. The largest absolute Gasteiger partial charge is 0.497 e. The molecular weight excluding hydrogens is 292 g/mol. The fourth-order valence-corrected chi connectivity index (χ4v) is 3.72. The van der Waals surface area contributed by atoms with Crippen molar-refractivity contribution in [1.29, 1.82) is 0 Å². The van der Waals surface area contributed by atoms with E-state index >= 15 is 0 Å². The van der Waals surface area contributed by atoms with Crippen molar-refractivity contribution in [1.82, 2.24) is 9.80 Å². The van der Waals surface area contributed by atoms with E-state index in [4.69, 9.17) is 4.74 Å². The molecule has 2 fully saturated rings. The number of piperidine rings is 1. The van der Waals surface area contributed by atoms with Crippen LogP contribution < -0.4 is 4.74 Å². The first-order valence-electron chi connectivity index (χ1n) is 8.51. The smallest absolute Gasteiger partial charge is 0.237 e. The zero-order valence-corrected chi connectivity index (χ0v) is 13.8. The van der Waals surface area contributed by atoms with Crippen LogP contribution in [0.15, 0.2) is 24.3 Å². The maximum atomic E-state index is 12.7. The van der Waals surface area contributed by atoms with Crippen LogP contribution in [0.1, 0.15) is 37.3 Å². The third-order valence-corrected chi connectivity index (χ3v) is 4.89. The topological polar surface area (TPSA) is 53.0 Å². The first kappa shape index (κ1) is 16.3. The van der Waals surface area contributed by atoms with Gasteiger partial charge < -0.3 is 14.7 Å². The fourth-order valence-electron chi connectivity index (χ4n) is 3.72. The van der Waals surface area contributed by atoms with Gasteiger partial charge in [0.25, 0.3) is 0 Å². The lowest BCUT2D eigenvalue weighted by atomic mass is 10.0. The Balaban J connectivity index is 1.66. The second-order valence-corrected chi connectivity index (χ2v) is 6.55. The van der Waals surface area contributed by atoms with E-state index in [0.29, 0.717) is 13.1 Å². The van der Waals surface area contributed by atoms with Crippen molar-refractivity contribution in [2.24, 2.45) is 0 Å². The average molecular weight is 318 g/mol. The Labute approximate surface area is 137 Å². The normalized spacial score (nSPS) is 25.6. The molecule has 2 heterocycles. The highest BCUT2D eigenvalue weighted by Crippen LogP contribution is 2.33. The first-order chi connectivity index (χ1) is 11.2. The van der Waals surface area contributed by atoms with Gasteiger partial charge in [0.05, 0.1) is 25.8 Å². The molecule has 2 aliphatic rings. The molecule has 2 saturated heterocycles. The summed E-state index contributed by atoms with van der Waals surface area (Å²) in [4.78, 5) is 16.8. The number of amides is 1. The Morgan fingerprint density at radius 2 is 2.13 bits per heavy atom. The number of benzene rings is 1. The summed E-state index contributed by atoms with van der Waals surface area (Å²) in [5.74, 6) is 1.00. The Morgan fingerprint density at radius 3 is 2.91 bits per heavy atom. The molecule has 1 amide bonds. The van der Waals surface area contributed by atoms with Crippen molar-refractivity contribution in [3.8, 4) is 5.75 Å². The number of β-amino-alcohol motifs (C(OH)–C–C–N with tert-alkyl or cyclic N) is 1. The second kappa shape index (κ2) is 7.32. The molecular formula is C18H26N2O3. The summed E-state index contributed by atoms with van der Waals surface area (Å²) in [6, 6.07) is 8.16. The SMILES string of the molecule is COc1cccc(C2CCCN2C(=O)CN2CCCC(O)C2)c1. The van der Waals surface area contributed by atoms with E-state index in [-0.39, 0.29) is 18.1 Å². The molecule has 2 aliphatic heterocycles. The van der Waals surface area contributed by atoms with E-state index in [9.17, 15) is 9.90 Å². The van der Waals surface area contributed by atoms with Gasteiger partial charge in [0.1, 0.15) is 5.75 Å². The number of carbonyl (C=O) groups excluding carboxylic acids is 1. The lowest BCUT2D eigenvalue weighted by molar-refractivity contribution is -0.134. The van der Waals surface area contributed by atoms with Crippen LogP contribution in [0.3, 0.4) is 0 Å². The minimum atomic E-state index is -0.288. The Morgan fingerprint density at radius 1 is 1.30 bits per heavy atom. The minimum Gasteiger partial charge on any atom is -0.497 e. The number of aliphatic hydroxyl groups is 1. The maximum absolute atomic E-state index is 12.7. The van der Waals surface area contributed by atoms with Crippen molar-refractivity contribution in [3.63, 3.8) is 0 Å². The van der Waals surface area contributed by atoms with Crippen LogP contribution in [0.2, 0.25) is 0 Å². The predicted octanol–water partition coefficient (Wildman–Crippen LogP) is 1.82. The molecule has 1 N–H and O–H groups in total. The number of carbonyl (C=O) groups is 1. The van der Waals surface area contributed by atoms with Crippen molar-refractivity contribution in [2.75, 3.05) is 33.3 Å². The van der Waals surface area contributed by atoms with Crippen LogP contribution in [0.25, 0.3) is 0 Å². The van der Waals surface area contributed by atoms with Crippen LogP contribution in [-0.4, -0.2) is 60.2 Å². The van der Waals surface area contributed by atoms with Crippen molar-refractivity contribution in [3.05, 3.63) is 29.8 Å². The van der Waals surface area contributed by atoms with Gasteiger partial charge in [-0.2, -0.15) is 0 Å². The Hall–Kier alpha value is -1.59. The standard InChI is InChI=1S/C18H26N2O3/c1-23-16-7-2-5-14(11-16)17-8-4-10-20(17)18(22)13-19-9-3-6-15(21)12-19/h2,5,7,11,15,17,21H,3-4,6,8-10,12-13H2,1H3. The molecule has 0 aliphatic carbocycles. The summed E-state index contributed by atoms with van der Waals surface area (Å²) in [5.41, 5.74) is 1.15. The average Bonchev–Trinajstić information content (AvgIpc) is 3.05. The van der Waals surface area contributed by atoms with Gasteiger partial charge in [-0.3, -0.25) is 9.69 Å². The molecule has 1 aromatic rings. The Kier molecular flexibility index (Phi) is 5.18. The number of methoxy groups -OCH3 is 1. The molecule has 0 aromatic heterocycles. The van der Waals surface area contributed by atoms with Gasteiger partial charge >= 0.3 is 0 Å². The van der Waals surface area contributed by atoms with E-state index in [0.717, 1.165) is 50.1 Å². The highest BCUT2D eigenvalue weighted by Gasteiger charge is 2.31. The van der Waals surface area contributed by atoms with E-state index in [1.165, 1.54) is 0 Å². The fraction of sp³-hybridized carbons (Fsp3) is 0.611. The summed E-state index contributed by atoms with van der Waals surface area (Å²) >= 11 is 0. The number of ether oxygens (including phenoxy) is 1. The van der Waals surface area contributed by atoms with Gasteiger partial charge in [-0.05, 0) is 49.9 Å². The summed E-state index contributed by atoms with van der Waals surface area (Å²) in [5, 5.41) is 9.77. The number of hydrogen-bond donors (Lipinski definition) is 1. The van der Waals surface area contributed by atoms with E-state index in [2.05, 4.69) is 11.0 Å². The molecule has 0 bridgehead atoms. The van der Waals surface area contributed by atoms with Gasteiger partial charge in [-0.15, -0.1) is 0 Å². The molecule has 5 heteroatoms. The van der Waals surface area contributed by atoms with E-state index in [1.54, 1.807) is 7.11 Å². The summed E-state index contributed by atoms with van der Waals surface area (Å²) in [7, 11) is 1.67. The second-order valence-electron chi connectivity index (χ2n) is 6.55. The van der Waals surface area contributed by atoms with Gasteiger partial charge in [-0.25, -0.2) is 0 Å². The van der Waals surface area contributed by atoms with Gasteiger partial charge in [0.2, 0.25) is 5.91 Å². The lowest BCUT2D eigenvalue weighted by Gasteiger charge is -2.32. The van der Waals surface area contributed by atoms with Crippen LogP contribution >= 0.6 is 0 Å². The molecule has 0 radical (unpaired) electrons. The zero-order chi connectivity index (χ0) is 16.2. The number of hydrogen-bond acceptors (Lipinski definition) is 4. The molecule has 2 atom stereocenters. The molecule has 0 spiro atoms. The van der Waals surface area contributed by atoms with Crippen LogP contribution in [-0.2, 0) is 4.79 Å². The molecule has 2 unspecified atom stereocenters. The zero-order valence-electron chi connectivity index (χ0n) is 13.8. The molecule has 0 saturated carbocycles. The van der Waals surface area contributed by atoms with E-state index in [1.807, 2.05) is 23.1 Å². The maximum Gasteiger partial charge on any atom is 0.237 e. The molecule has 3 rings (SSSR count). The van der Waals surface area contributed by atoms with Crippen molar-refractivity contribution >= 4 is 5.91 Å². The lowest BCUT2D eigenvalue weighted by Crippen LogP contribution is -2.45. The third kappa shape index (κ3) is 3.85. The van der Waals surface area contributed by atoms with Gasteiger partial charge in [0.15, 0.2) is 0 Å². The predicted molar refractivity (Wildman–Crippen MR) is 88.4 cm³/mol.